The molecule has 0 saturated carbocycles. The molecule has 0 atom stereocenters. The predicted octanol–water partition coefficient (Wildman–Crippen LogP) is 3.61. The molecule has 0 aliphatic rings. The van der Waals surface area contributed by atoms with Crippen molar-refractivity contribution in [2.24, 2.45) is 5.16 Å². The van der Waals surface area contributed by atoms with E-state index in [0.29, 0.717) is 5.04 Å². The second-order valence-electron chi connectivity index (χ2n) is 3.56. The van der Waals surface area contributed by atoms with Crippen LogP contribution in [-0.2, 0) is 9.57 Å². The maximum absolute atomic E-state index is 11.7. The average molecular weight is 353 g/mol. The Hall–Kier alpha value is -1.00. The monoisotopic (exact) mass is 353 g/mol. The number of thioether (sulfide) groups is 2. The van der Waals surface area contributed by atoms with Crippen LogP contribution in [0.4, 0.5) is 9.59 Å². The topological polar surface area (TPSA) is 71.4 Å². The van der Waals surface area contributed by atoms with E-state index in [9.17, 15) is 9.59 Å². The van der Waals surface area contributed by atoms with Crippen LogP contribution in [0.5, 0.6) is 0 Å². The first-order chi connectivity index (χ1) is 9.81. The number of ether oxygens (including phenoxy) is 1. The van der Waals surface area contributed by atoms with Crippen LogP contribution in [0.25, 0.3) is 0 Å². The smallest absolute Gasteiger partial charge is 0.417 e. The quantitative estimate of drug-likeness (QED) is 0.187. The predicted molar refractivity (Wildman–Crippen MR) is 90.0 cm³/mol. The van der Waals surface area contributed by atoms with Gasteiger partial charge in [0.15, 0.2) is 0 Å². The van der Waals surface area contributed by atoms with Crippen LogP contribution in [0.1, 0.15) is 13.8 Å². The first kappa shape index (κ1) is 20.0. The molecule has 0 spiro atoms. The largest absolute Gasteiger partial charge is 0.447 e. The summed E-state index contributed by atoms with van der Waals surface area (Å²) in [6.45, 7) is 3.54. The van der Waals surface area contributed by atoms with Crippen LogP contribution in [0.15, 0.2) is 16.3 Å². The van der Waals surface area contributed by atoms with Gasteiger partial charge in [-0.15, -0.1) is 23.5 Å². The second-order valence-corrected chi connectivity index (χ2v) is 6.87. The molecule has 0 bridgehead atoms. The highest BCUT2D eigenvalue weighted by Gasteiger charge is 2.18. The van der Waals surface area contributed by atoms with Gasteiger partial charge in [0.2, 0.25) is 0 Å². The molecular formula is C11H19N3O4S3. The highest BCUT2D eigenvalue weighted by Crippen LogP contribution is 2.16. The number of hydrogen-bond acceptors (Lipinski definition) is 8. The Morgan fingerprint density at radius 1 is 1.05 bits per heavy atom. The SMILES string of the molecule is CS/C(C)=C/OC(=O)N(C)SN(C)C(=O)O/N=C(\C)SC. The molecule has 7 nitrogen and oxygen atoms in total. The molecule has 0 aromatic rings. The summed E-state index contributed by atoms with van der Waals surface area (Å²) in [5.41, 5.74) is 0. The van der Waals surface area contributed by atoms with Crippen molar-refractivity contribution in [2.75, 3.05) is 26.6 Å². The molecular weight excluding hydrogens is 334 g/mol. The third-order valence-electron chi connectivity index (χ3n) is 1.95. The van der Waals surface area contributed by atoms with Gasteiger partial charge in [-0.3, -0.25) is 4.84 Å². The summed E-state index contributed by atoms with van der Waals surface area (Å²) in [4.78, 5) is 28.8. The van der Waals surface area contributed by atoms with E-state index in [2.05, 4.69) is 5.16 Å². The summed E-state index contributed by atoms with van der Waals surface area (Å²) in [5, 5.41) is 4.23. The van der Waals surface area contributed by atoms with Crippen molar-refractivity contribution in [1.82, 2.24) is 8.61 Å². The van der Waals surface area contributed by atoms with Gasteiger partial charge in [-0.1, -0.05) is 5.16 Å². The highest BCUT2D eigenvalue weighted by molar-refractivity contribution is 8.13. The number of hydrogen-bond donors (Lipinski definition) is 0. The van der Waals surface area contributed by atoms with Crippen LogP contribution >= 0.6 is 35.7 Å². The Kier molecular flexibility index (Phi) is 10.2. The lowest BCUT2D eigenvalue weighted by Gasteiger charge is -2.19. The number of carbonyl (C=O) groups is 2. The Labute approximate surface area is 137 Å². The van der Waals surface area contributed by atoms with Gasteiger partial charge in [-0.2, -0.15) is 0 Å². The first-order valence-corrected chi connectivity index (χ1v) is 8.86. The van der Waals surface area contributed by atoms with E-state index in [4.69, 9.17) is 9.57 Å². The average Bonchev–Trinajstić information content (AvgIpc) is 2.48. The summed E-state index contributed by atoms with van der Waals surface area (Å²) < 4.78 is 7.22. The van der Waals surface area contributed by atoms with Gasteiger partial charge in [0.1, 0.15) is 11.3 Å². The molecule has 0 aromatic heterocycles. The number of carbonyl (C=O) groups excluding carboxylic acids is 2. The van der Waals surface area contributed by atoms with Crippen molar-refractivity contribution in [3.05, 3.63) is 11.2 Å². The standard InChI is InChI=1S/C11H19N3O4S3/c1-8(19-5)7-17-10(15)13(3)21-14(4)11(16)18-12-9(2)20-6/h7H,1-6H3/b8-7+,12-9+. The zero-order chi connectivity index (χ0) is 16.4. The van der Waals surface area contributed by atoms with Gasteiger partial charge in [0.25, 0.3) is 0 Å². The molecule has 0 aliphatic heterocycles. The molecule has 0 N–H and O–H groups in total. The lowest BCUT2D eigenvalue weighted by atomic mass is 10.7. The molecule has 120 valence electrons. The number of nitrogens with zero attached hydrogens (tertiary/aromatic N) is 3. The Bertz CT molecular complexity index is 391. The lowest BCUT2D eigenvalue weighted by Crippen LogP contribution is -2.28. The zero-order valence-corrected chi connectivity index (χ0v) is 15.2. The Morgan fingerprint density at radius 3 is 2.14 bits per heavy atom. The molecule has 2 amide bonds. The summed E-state index contributed by atoms with van der Waals surface area (Å²) in [5.74, 6) is 0. The molecule has 0 aliphatic carbocycles. The molecule has 0 heterocycles. The number of allylic oxidation sites excluding steroid dienone is 1. The van der Waals surface area contributed by atoms with Crippen LogP contribution in [0.3, 0.4) is 0 Å². The Balaban J connectivity index is 4.33. The summed E-state index contributed by atoms with van der Waals surface area (Å²) >= 11 is 3.67. The molecule has 0 saturated heterocycles. The van der Waals surface area contributed by atoms with Gasteiger partial charge < -0.3 is 4.74 Å². The van der Waals surface area contributed by atoms with Crippen molar-refractivity contribution in [3.63, 3.8) is 0 Å². The van der Waals surface area contributed by atoms with E-state index in [1.807, 2.05) is 19.4 Å². The van der Waals surface area contributed by atoms with E-state index >= 15 is 0 Å². The first-order valence-electron chi connectivity index (χ1n) is 5.68. The molecule has 0 fully saturated rings. The fraction of sp³-hybridized carbons (Fsp3) is 0.545. The van der Waals surface area contributed by atoms with Crippen molar-refractivity contribution < 1.29 is 19.2 Å². The third kappa shape index (κ3) is 8.79. The molecule has 0 aromatic carbocycles. The highest BCUT2D eigenvalue weighted by atomic mass is 32.2. The van der Waals surface area contributed by atoms with E-state index in [-0.39, 0.29) is 0 Å². The van der Waals surface area contributed by atoms with Crippen molar-refractivity contribution >= 4 is 52.9 Å². The Morgan fingerprint density at radius 2 is 1.62 bits per heavy atom. The van der Waals surface area contributed by atoms with Crippen LogP contribution < -0.4 is 0 Å². The fourth-order valence-electron chi connectivity index (χ4n) is 0.704. The van der Waals surface area contributed by atoms with Crippen LogP contribution in [0, 0.1) is 0 Å². The number of amides is 2. The molecule has 0 rings (SSSR count). The van der Waals surface area contributed by atoms with Crippen molar-refractivity contribution in [3.8, 4) is 0 Å². The van der Waals surface area contributed by atoms with Gasteiger partial charge in [-0.05, 0) is 26.4 Å². The van der Waals surface area contributed by atoms with Gasteiger partial charge >= 0.3 is 12.2 Å². The lowest BCUT2D eigenvalue weighted by molar-refractivity contribution is 0.136. The molecule has 10 heteroatoms. The zero-order valence-electron chi connectivity index (χ0n) is 12.8. The number of rotatable bonds is 5. The summed E-state index contributed by atoms with van der Waals surface area (Å²) in [7, 11) is 2.94. The van der Waals surface area contributed by atoms with Crippen molar-refractivity contribution in [1.29, 1.82) is 0 Å². The van der Waals surface area contributed by atoms with Crippen molar-refractivity contribution in [2.45, 2.75) is 13.8 Å². The minimum absolute atomic E-state index is 0.600. The summed E-state index contributed by atoms with van der Waals surface area (Å²) in [6, 6.07) is 0. The minimum atomic E-state index is -0.691. The maximum Gasteiger partial charge on any atom is 0.447 e. The van der Waals surface area contributed by atoms with Gasteiger partial charge in [0.05, 0.1) is 12.1 Å². The normalized spacial score (nSPS) is 11.9. The molecule has 0 unspecified atom stereocenters. The van der Waals surface area contributed by atoms with E-state index in [0.717, 1.165) is 25.6 Å². The van der Waals surface area contributed by atoms with E-state index in [1.165, 1.54) is 43.9 Å². The minimum Gasteiger partial charge on any atom is -0.417 e. The molecule has 21 heavy (non-hydrogen) atoms. The molecule has 0 radical (unpaired) electrons. The van der Waals surface area contributed by atoms with Crippen LogP contribution in [-0.4, -0.2) is 52.4 Å². The maximum atomic E-state index is 11.7. The number of oxime groups is 1. The fourth-order valence-corrected chi connectivity index (χ4v) is 1.54. The summed E-state index contributed by atoms with van der Waals surface area (Å²) in [6.07, 6.45) is 3.76. The second kappa shape index (κ2) is 10.7. The van der Waals surface area contributed by atoms with Gasteiger partial charge in [-0.25, -0.2) is 18.2 Å². The third-order valence-corrected chi connectivity index (χ3v) is 4.15. The van der Waals surface area contributed by atoms with E-state index < -0.39 is 12.2 Å². The van der Waals surface area contributed by atoms with Crippen LogP contribution in [0.2, 0.25) is 0 Å². The van der Waals surface area contributed by atoms with E-state index in [1.54, 1.807) is 6.92 Å². The van der Waals surface area contributed by atoms with Gasteiger partial charge in [0, 0.05) is 19.0 Å².